The molecule has 1 aliphatic carbocycles. The first-order valence-electron chi connectivity index (χ1n) is 9.31. The Labute approximate surface area is 169 Å². The normalized spacial score (nSPS) is 14.9. The second-order valence-electron chi connectivity index (χ2n) is 7.03. The lowest BCUT2D eigenvalue weighted by molar-refractivity contribution is -0.150. The largest absolute Gasteiger partial charge is 0.449 e. The van der Waals surface area contributed by atoms with Gasteiger partial charge in [0.05, 0.1) is 12.2 Å². The van der Waals surface area contributed by atoms with Crippen LogP contribution < -0.4 is 5.32 Å². The van der Waals surface area contributed by atoms with E-state index < -0.39 is 12.1 Å². The van der Waals surface area contributed by atoms with Crippen LogP contribution in [-0.2, 0) is 20.9 Å². The maximum atomic E-state index is 12.1. The summed E-state index contributed by atoms with van der Waals surface area (Å²) in [6.07, 6.45) is 4.17. The van der Waals surface area contributed by atoms with Crippen LogP contribution in [0.2, 0.25) is 5.02 Å². The van der Waals surface area contributed by atoms with E-state index in [1.807, 2.05) is 42.8 Å². The molecule has 1 aromatic heterocycles. The summed E-state index contributed by atoms with van der Waals surface area (Å²) in [5.74, 6) is -0.819. The zero-order valence-corrected chi connectivity index (χ0v) is 17.0. The van der Waals surface area contributed by atoms with Crippen molar-refractivity contribution in [1.82, 2.24) is 15.1 Å². The Balaban J connectivity index is 1.64. The van der Waals surface area contributed by atoms with E-state index in [1.54, 1.807) is 13.0 Å². The SMILES string of the molecule is Cc1nn(Cc2ccccc2Cl)c(C)c1/C=C/C(=O)O[C@@H](C)C(=O)NC1CC1. The molecule has 1 amide bonds. The lowest BCUT2D eigenvalue weighted by Gasteiger charge is -2.11. The van der Waals surface area contributed by atoms with E-state index in [2.05, 4.69) is 10.4 Å². The fourth-order valence-electron chi connectivity index (χ4n) is 2.86. The predicted molar refractivity (Wildman–Crippen MR) is 108 cm³/mol. The first-order valence-corrected chi connectivity index (χ1v) is 9.69. The molecule has 2 aromatic rings. The number of carbonyl (C=O) groups is 2. The molecule has 0 radical (unpaired) electrons. The summed E-state index contributed by atoms with van der Waals surface area (Å²) in [5, 5.41) is 8.05. The van der Waals surface area contributed by atoms with Crippen molar-refractivity contribution in [1.29, 1.82) is 0 Å². The highest BCUT2D eigenvalue weighted by atomic mass is 35.5. The summed E-state index contributed by atoms with van der Waals surface area (Å²) < 4.78 is 7.03. The van der Waals surface area contributed by atoms with Crippen molar-refractivity contribution < 1.29 is 14.3 Å². The molecule has 0 spiro atoms. The summed E-state index contributed by atoms with van der Waals surface area (Å²) in [7, 11) is 0. The van der Waals surface area contributed by atoms with Crippen molar-refractivity contribution in [2.24, 2.45) is 0 Å². The van der Waals surface area contributed by atoms with Gasteiger partial charge in [0.2, 0.25) is 0 Å². The Morgan fingerprint density at radius 3 is 2.75 bits per heavy atom. The smallest absolute Gasteiger partial charge is 0.331 e. The van der Waals surface area contributed by atoms with Gasteiger partial charge in [0.15, 0.2) is 6.10 Å². The highest BCUT2D eigenvalue weighted by molar-refractivity contribution is 6.31. The zero-order valence-electron chi connectivity index (χ0n) is 16.2. The number of hydrogen-bond donors (Lipinski definition) is 1. The van der Waals surface area contributed by atoms with Crippen LogP contribution in [0.25, 0.3) is 6.08 Å². The van der Waals surface area contributed by atoms with E-state index in [4.69, 9.17) is 16.3 Å². The van der Waals surface area contributed by atoms with Gasteiger partial charge in [0.1, 0.15) is 0 Å². The van der Waals surface area contributed by atoms with E-state index >= 15 is 0 Å². The molecule has 1 aliphatic rings. The molecule has 0 unspecified atom stereocenters. The third-order valence-electron chi connectivity index (χ3n) is 4.69. The molecule has 1 aromatic carbocycles. The van der Waals surface area contributed by atoms with Crippen molar-refractivity contribution in [2.45, 2.75) is 52.3 Å². The molecule has 1 heterocycles. The Hall–Kier alpha value is -2.60. The Bertz CT molecular complexity index is 916. The second-order valence-corrected chi connectivity index (χ2v) is 7.44. The van der Waals surface area contributed by atoms with Gasteiger partial charge in [0, 0.05) is 28.4 Å². The number of ether oxygens (including phenoxy) is 1. The van der Waals surface area contributed by atoms with E-state index in [1.165, 1.54) is 6.08 Å². The van der Waals surface area contributed by atoms with Gasteiger partial charge in [0.25, 0.3) is 5.91 Å². The molecule has 0 aliphatic heterocycles. The minimum absolute atomic E-state index is 0.235. The Morgan fingerprint density at radius 1 is 1.36 bits per heavy atom. The molecular formula is C21H24ClN3O3. The molecule has 3 rings (SSSR count). The first-order chi connectivity index (χ1) is 13.3. The summed E-state index contributed by atoms with van der Waals surface area (Å²) in [6.45, 7) is 5.94. The van der Waals surface area contributed by atoms with Crippen LogP contribution in [0.3, 0.4) is 0 Å². The first kappa shape index (κ1) is 20.1. The van der Waals surface area contributed by atoms with Gasteiger partial charge < -0.3 is 10.1 Å². The van der Waals surface area contributed by atoms with E-state index in [0.717, 1.165) is 35.4 Å². The number of aromatic nitrogens is 2. The second kappa shape index (κ2) is 8.61. The van der Waals surface area contributed by atoms with Crippen molar-refractivity contribution in [3.8, 4) is 0 Å². The molecule has 1 saturated carbocycles. The van der Waals surface area contributed by atoms with E-state index in [-0.39, 0.29) is 11.9 Å². The number of aryl methyl sites for hydroxylation is 1. The number of hydrogen-bond acceptors (Lipinski definition) is 4. The minimum atomic E-state index is -0.817. The summed E-state index contributed by atoms with van der Waals surface area (Å²) in [4.78, 5) is 23.9. The molecule has 0 bridgehead atoms. The maximum Gasteiger partial charge on any atom is 0.331 e. The highest BCUT2D eigenvalue weighted by Gasteiger charge is 2.26. The van der Waals surface area contributed by atoms with Gasteiger partial charge in [-0.15, -0.1) is 0 Å². The number of esters is 1. The molecule has 7 heteroatoms. The van der Waals surface area contributed by atoms with Crippen LogP contribution in [0.4, 0.5) is 0 Å². The topological polar surface area (TPSA) is 73.2 Å². The predicted octanol–water partition coefficient (Wildman–Crippen LogP) is 3.43. The molecule has 1 N–H and O–H groups in total. The van der Waals surface area contributed by atoms with Gasteiger partial charge >= 0.3 is 5.97 Å². The highest BCUT2D eigenvalue weighted by Crippen LogP contribution is 2.21. The number of benzene rings is 1. The molecule has 1 fully saturated rings. The van der Waals surface area contributed by atoms with Crippen molar-refractivity contribution >= 4 is 29.6 Å². The van der Waals surface area contributed by atoms with Gasteiger partial charge in [-0.2, -0.15) is 5.10 Å². The van der Waals surface area contributed by atoms with Crippen LogP contribution in [0.1, 0.15) is 42.3 Å². The fourth-order valence-corrected chi connectivity index (χ4v) is 3.05. The number of carbonyl (C=O) groups excluding carboxylic acids is 2. The van der Waals surface area contributed by atoms with E-state index in [0.29, 0.717) is 11.6 Å². The number of halogens is 1. The van der Waals surface area contributed by atoms with Crippen molar-refractivity contribution in [2.75, 3.05) is 0 Å². The molecule has 148 valence electrons. The Morgan fingerprint density at radius 2 is 2.07 bits per heavy atom. The van der Waals surface area contributed by atoms with Gasteiger partial charge in [-0.25, -0.2) is 4.79 Å². The maximum absolute atomic E-state index is 12.1. The Kier molecular flexibility index (Phi) is 6.19. The molecular weight excluding hydrogens is 378 g/mol. The monoisotopic (exact) mass is 401 g/mol. The quantitative estimate of drug-likeness (QED) is 0.569. The zero-order chi connectivity index (χ0) is 20.3. The van der Waals surface area contributed by atoms with Crippen molar-refractivity contribution in [3.05, 3.63) is 57.9 Å². The number of nitrogens with one attached hydrogen (secondary N) is 1. The number of nitrogens with zero attached hydrogens (tertiary/aromatic N) is 2. The lowest BCUT2D eigenvalue weighted by atomic mass is 10.1. The third-order valence-corrected chi connectivity index (χ3v) is 5.06. The third kappa shape index (κ3) is 5.01. The summed E-state index contributed by atoms with van der Waals surface area (Å²) >= 11 is 6.24. The number of amides is 1. The van der Waals surface area contributed by atoms with Crippen LogP contribution in [0, 0.1) is 13.8 Å². The average Bonchev–Trinajstić information content (AvgIpc) is 3.42. The van der Waals surface area contributed by atoms with E-state index in [9.17, 15) is 9.59 Å². The number of rotatable bonds is 7. The standard InChI is InChI=1S/C21H24ClN3O3/c1-13-18(10-11-20(26)28-15(3)21(27)23-17-8-9-17)14(2)25(24-13)12-16-6-4-5-7-19(16)22/h4-7,10-11,15,17H,8-9,12H2,1-3H3,(H,23,27)/b11-10+/t15-/m0/s1. The van der Waals surface area contributed by atoms with Crippen LogP contribution >= 0.6 is 11.6 Å². The minimum Gasteiger partial charge on any atom is -0.449 e. The molecule has 6 nitrogen and oxygen atoms in total. The molecule has 0 saturated heterocycles. The van der Waals surface area contributed by atoms with Crippen LogP contribution in [0.15, 0.2) is 30.3 Å². The average molecular weight is 402 g/mol. The van der Waals surface area contributed by atoms with Crippen molar-refractivity contribution in [3.63, 3.8) is 0 Å². The fraction of sp³-hybridized carbons (Fsp3) is 0.381. The van der Waals surface area contributed by atoms with Crippen LogP contribution in [-0.4, -0.2) is 33.8 Å². The van der Waals surface area contributed by atoms with Gasteiger partial charge in [-0.05, 0) is 51.3 Å². The summed E-state index contributed by atoms with van der Waals surface area (Å²) in [6, 6.07) is 7.86. The molecule has 28 heavy (non-hydrogen) atoms. The molecule has 1 atom stereocenters. The van der Waals surface area contributed by atoms with Crippen LogP contribution in [0.5, 0.6) is 0 Å². The summed E-state index contributed by atoms with van der Waals surface area (Å²) in [5.41, 5.74) is 3.54. The van der Waals surface area contributed by atoms with Gasteiger partial charge in [-0.1, -0.05) is 29.8 Å². The lowest BCUT2D eigenvalue weighted by Crippen LogP contribution is -2.36. The van der Waals surface area contributed by atoms with Gasteiger partial charge in [-0.3, -0.25) is 9.48 Å².